The third-order valence-electron chi connectivity index (χ3n) is 5.99. The first-order chi connectivity index (χ1) is 18.8. The Kier molecular flexibility index (Phi) is 8.88. The van der Waals surface area contributed by atoms with Crippen LogP contribution in [0, 0.1) is 6.92 Å². The first-order valence-electron chi connectivity index (χ1n) is 12.5. The number of urea groups is 1. The number of carbonyl (C=O) groups excluding carboxylic acids is 3. The number of nitrogens with one attached hydrogen (secondary N) is 1. The minimum atomic E-state index is -0.836. The van der Waals surface area contributed by atoms with Gasteiger partial charge >= 0.3 is 6.03 Å². The van der Waals surface area contributed by atoms with Gasteiger partial charge in [0.15, 0.2) is 11.5 Å². The molecule has 0 aromatic heterocycles. The highest BCUT2D eigenvalue weighted by atomic mass is 35.5. The number of benzene rings is 3. The highest BCUT2D eigenvalue weighted by molar-refractivity contribution is 6.39. The quantitative estimate of drug-likeness (QED) is 0.187. The largest absolute Gasteiger partial charge is 0.494 e. The van der Waals surface area contributed by atoms with Crippen LogP contribution < -0.4 is 24.4 Å². The van der Waals surface area contributed by atoms with Crippen LogP contribution in [0.4, 0.5) is 10.5 Å². The van der Waals surface area contributed by atoms with Crippen LogP contribution in [0.1, 0.15) is 36.5 Å². The number of amides is 4. The van der Waals surface area contributed by atoms with Gasteiger partial charge in [0.2, 0.25) is 0 Å². The normalized spacial score (nSPS) is 14.4. The van der Waals surface area contributed by atoms with E-state index in [1.807, 2.05) is 31.2 Å². The van der Waals surface area contributed by atoms with E-state index in [-0.39, 0.29) is 17.2 Å². The molecule has 202 valence electrons. The zero-order chi connectivity index (χ0) is 27.9. The topological polar surface area (TPSA) is 94.2 Å². The molecule has 3 aromatic carbocycles. The van der Waals surface area contributed by atoms with Gasteiger partial charge in [0.1, 0.15) is 17.9 Å². The Morgan fingerprint density at radius 2 is 1.77 bits per heavy atom. The number of rotatable bonds is 10. The van der Waals surface area contributed by atoms with Crippen LogP contribution in [-0.4, -0.2) is 31.6 Å². The summed E-state index contributed by atoms with van der Waals surface area (Å²) in [6.45, 7) is 4.91. The van der Waals surface area contributed by atoms with Crippen molar-refractivity contribution in [2.75, 3.05) is 18.6 Å². The van der Waals surface area contributed by atoms with Crippen LogP contribution in [-0.2, 0) is 16.2 Å². The van der Waals surface area contributed by atoms with E-state index in [1.54, 1.807) is 36.4 Å². The van der Waals surface area contributed by atoms with E-state index in [9.17, 15) is 14.4 Å². The summed E-state index contributed by atoms with van der Waals surface area (Å²) in [5.74, 6) is -0.290. The van der Waals surface area contributed by atoms with Crippen LogP contribution in [0.2, 0.25) is 5.02 Å². The van der Waals surface area contributed by atoms with Gasteiger partial charge < -0.3 is 14.2 Å². The minimum absolute atomic E-state index is 0.232. The average Bonchev–Trinajstić information content (AvgIpc) is 2.91. The number of halogens is 1. The summed E-state index contributed by atoms with van der Waals surface area (Å²) < 4.78 is 17.1. The second-order valence-corrected chi connectivity index (χ2v) is 9.37. The molecule has 0 aliphatic carbocycles. The number of carbonyl (C=O) groups is 3. The second kappa shape index (κ2) is 12.5. The summed E-state index contributed by atoms with van der Waals surface area (Å²) in [6.07, 6.45) is 3.28. The molecular formula is C30H29ClN2O6. The maximum absolute atomic E-state index is 13.3. The Morgan fingerprint density at radius 1 is 1.00 bits per heavy atom. The number of hydrogen-bond donors (Lipinski definition) is 1. The Hall–Kier alpha value is -4.30. The SMILES string of the molecule is CCCCOc1ccc(N2C(=O)NC(=O)/C(=C/c3cc(Cl)c(OCc4cccc(C)c4)c(OC)c3)C2=O)cc1. The van der Waals surface area contributed by atoms with Crippen molar-refractivity contribution < 1.29 is 28.6 Å². The summed E-state index contributed by atoms with van der Waals surface area (Å²) in [4.78, 5) is 39.4. The van der Waals surface area contributed by atoms with Crippen LogP contribution in [0.15, 0.2) is 66.2 Å². The molecule has 0 saturated carbocycles. The Balaban J connectivity index is 1.57. The monoisotopic (exact) mass is 548 g/mol. The predicted octanol–water partition coefficient (Wildman–Crippen LogP) is 6.08. The van der Waals surface area contributed by atoms with Crippen molar-refractivity contribution in [3.63, 3.8) is 0 Å². The van der Waals surface area contributed by atoms with Gasteiger partial charge in [0.05, 0.1) is 24.4 Å². The van der Waals surface area contributed by atoms with E-state index < -0.39 is 17.8 Å². The van der Waals surface area contributed by atoms with Gasteiger partial charge in [-0.05, 0) is 66.9 Å². The lowest BCUT2D eigenvalue weighted by molar-refractivity contribution is -0.122. The zero-order valence-corrected chi connectivity index (χ0v) is 22.7. The molecule has 0 atom stereocenters. The number of anilines is 1. The third-order valence-corrected chi connectivity index (χ3v) is 6.27. The molecule has 1 saturated heterocycles. The summed E-state index contributed by atoms with van der Waals surface area (Å²) in [7, 11) is 1.47. The van der Waals surface area contributed by atoms with Gasteiger partial charge in [-0.2, -0.15) is 0 Å². The number of methoxy groups -OCH3 is 1. The van der Waals surface area contributed by atoms with Gasteiger partial charge in [-0.25, -0.2) is 9.69 Å². The number of hydrogen-bond acceptors (Lipinski definition) is 6. The average molecular weight is 549 g/mol. The Labute approximate surface area is 232 Å². The molecule has 1 aliphatic heterocycles. The van der Waals surface area contributed by atoms with Gasteiger partial charge in [-0.1, -0.05) is 54.8 Å². The molecule has 0 spiro atoms. The smallest absolute Gasteiger partial charge is 0.335 e. The van der Waals surface area contributed by atoms with Crippen molar-refractivity contribution in [3.8, 4) is 17.2 Å². The second-order valence-electron chi connectivity index (χ2n) is 8.97. The van der Waals surface area contributed by atoms with E-state index in [1.165, 1.54) is 13.2 Å². The molecule has 4 rings (SSSR count). The number of aryl methyl sites for hydroxylation is 1. The summed E-state index contributed by atoms with van der Waals surface area (Å²) in [5, 5.41) is 2.46. The standard InChI is InChI=1S/C30H29ClN2O6/c1-4-5-13-38-23-11-9-22(10-12-23)33-29(35)24(28(34)32-30(33)36)15-21-16-25(31)27(26(17-21)37-3)39-18-20-8-6-7-19(2)14-20/h6-12,14-17H,4-5,13,18H2,1-3H3,(H,32,34,36)/b24-15-. The highest BCUT2D eigenvalue weighted by Gasteiger charge is 2.37. The van der Waals surface area contributed by atoms with Gasteiger partial charge in [-0.3, -0.25) is 14.9 Å². The maximum Gasteiger partial charge on any atom is 0.335 e. The number of unbranched alkanes of at least 4 members (excludes halogenated alkanes) is 1. The number of barbiturate groups is 1. The molecule has 8 nitrogen and oxygen atoms in total. The first-order valence-corrected chi connectivity index (χ1v) is 12.9. The number of imide groups is 2. The molecule has 1 fully saturated rings. The van der Waals surface area contributed by atoms with E-state index in [4.69, 9.17) is 25.8 Å². The Morgan fingerprint density at radius 3 is 2.46 bits per heavy atom. The number of ether oxygens (including phenoxy) is 3. The van der Waals surface area contributed by atoms with Crippen molar-refractivity contribution in [2.24, 2.45) is 0 Å². The molecule has 1 N–H and O–H groups in total. The van der Waals surface area contributed by atoms with Crippen LogP contribution >= 0.6 is 11.6 Å². The number of nitrogens with zero attached hydrogens (tertiary/aromatic N) is 1. The molecule has 39 heavy (non-hydrogen) atoms. The van der Waals surface area contributed by atoms with E-state index in [0.29, 0.717) is 35.1 Å². The highest BCUT2D eigenvalue weighted by Crippen LogP contribution is 2.38. The fourth-order valence-electron chi connectivity index (χ4n) is 4.01. The molecule has 0 unspecified atom stereocenters. The van der Waals surface area contributed by atoms with Gasteiger partial charge in [0.25, 0.3) is 11.8 Å². The minimum Gasteiger partial charge on any atom is -0.494 e. The van der Waals surface area contributed by atoms with Crippen LogP contribution in [0.3, 0.4) is 0 Å². The van der Waals surface area contributed by atoms with Crippen molar-refractivity contribution in [1.82, 2.24) is 5.32 Å². The van der Waals surface area contributed by atoms with Crippen molar-refractivity contribution >= 4 is 41.2 Å². The predicted molar refractivity (Wildman–Crippen MR) is 149 cm³/mol. The molecule has 3 aromatic rings. The van der Waals surface area contributed by atoms with Gasteiger partial charge in [0, 0.05) is 0 Å². The molecule has 4 amide bonds. The fraction of sp³-hybridized carbons (Fsp3) is 0.233. The summed E-state index contributed by atoms with van der Waals surface area (Å²) in [5.41, 5.74) is 2.57. The fourth-order valence-corrected chi connectivity index (χ4v) is 4.28. The van der Waals surface area contributed by atoms with E-state index >= 15 is 0 Å². The van der Waals surface area contributed by atoms with E-state index in [0.717, 1.165) is 28.9 Å². The van der Waals surface area contributed by atoms with Crippen LogP contribution in [0.5, 0.6) is 17.2 Å². The molecule has 1 heterocycles. The lowest BCUT2D eigenvalue weighted by Crippen LogP contribution is -2.54. The summed E-state index contributed by atoms with van der Waals surface area (Å²) >= 11 is 6.51. The Bertz CT molecular complexity index is 1420. The van der Waals surface area contributed by atoms with Crippen molar-refractivity contribution in [1.29, 1.82) is 0 Å². The van der Waals surface area contributed by atoms with Crippen molar-refractivity contribution in [3.05, 3.63) is 87.9 Å². The molecule has 9 heteroatoms. The lowest BCUT2D eigenvalue weighted by Gasteiger charge is -2.26. The van der Waals surface area contributed by atoms with E-state index in [2.05, 4.69) is 12.2 Å². The third kappa shape index (κ3) is 6.59. The molecular weight excluding hydrogens is 520 g/mol. The zero-order valence-electron chi connectivity index (χ0n) is 22.0. The van der Waals surface area contributed by atoms with Crippen LogP contribution in [0.25, 0.3) is 6.08 Å². The molecule has 1 aliphatic rings. The summed E-state index contributed by atoms with van der Waals surface area (Å²) in [6, 6.07) is 16.7. The van der Waals surface area contributed by atoms with Crippen molar-refractivity contribution in [2.45, 2.75) is 33.3 Å². The molecule has 0 radical (unpaired) electrons. The van der Waals surface area contributed by atoms with Gasteiger partial charge in [-0.15, -0.1) is 0 Å². The molecule has 0 bridgehead atoms. The maximum atomic E-state index is 13.3. The lowest BCUT2D eigenvalue weighted by atomic mass is 10.1. The first kappa shape index (κ1) is 27.7.